The van der Waals surface area contributed by atoms with Crippen molar-refractivity contribution < 1.29 is 24.5 Å². The zero-order valence-corrected chi connectivity index (χ0v) is 55.9. The van der Waals surface area contributed by atoms with E-state index >= 15 is 0 Å². The van der Waals surface area contributed by atoms with Crippen LogP contribution in [0.5, 0.6) is 0 Å². The molecule has 0 saturated heterocycles. The lowest BCUT2D eigenvalue weighted by Gasteiger charge is -2.20. The topological polar surface area (TPSA) is 95.9 Å². The van der Waals surface area contributed by atoms with Gasteiger partial charge in [0.25, 0.3) is 0 Å². The van der Waals surface area contributed by atoms with Crippen molar-refractivity contribution in [1.82, 2.24) is 5.32 Å². The van der Waals surface area contributed by atoms with Crippen LogP contribution in [-0.4, -0.2) is 47.4 Å². The maximum Gasteiger partial charge on any atom is 0.305 e. The molecule has 0 spiro atoms. The molecule has 488 valence electrons. The number of carbonyl (C=O) groups is 2. The van der Waals surface area contributed by atoms with Crippen LogP contribution in [0.25, 0.3) is 0 Å². The van der Waals surface area contributed by atoms with Crippen molar-refractivity contribution in [3.05, 3.63) is 48.6 Å². The third kappa shape index (κ3) is 68.8. The lowest BCUT2D eigenvalue weighted by atomic mass is 10.0. The van der Waals surface area contributed by atoms with Crippen LogP contribution in [-0.2, 0) is 14.3 Å². The lowest BCUT2D eigenvalue weighted by Crippen LogP contribution is -2.45. The van der Waals surface area contributed by atoms with Gasteiger partial charge >= 0.3 is 5.97 Å². The first kappa shape index (κ1) is 80.8. The Hall–Kier alpha value is -2.18. The Kier molecular flexibility index (Phi) is 70.4. The normalized spacial score (nSPS) is 12.8. The molecule has 0 fully saturated rings. The van der Waals surface area contributed by atoms with Gasteiger partial charge < -0.3 is 20.3 Å². The molecule has 0 aromatic rings. The zero-order valence-electron chi connectivity index (χ0n) is 55.9. The number of ether oxygens (including phenoxy) is 1. The summed E-state index contributed by atoms with van der Waals surface area (Å²) in [5.41, 5.74) is 0. The fraction of sp³-hybridized carbons (Fsp3) is 0.870. The minimum Gasteiger partial charge on any atom is -0.466 e. The molecule has 2 atom stereocenters. The summed E-state index contributed by atoms with van der Waals surface area (Å²) in [4.78, 5) is 24.6. The van der Waals surface area contributed by atoms with E-state index in [4.69, 9.17) is 4.74 Å². The Bertz CT molecular complexity index is 1390. The van der Waals surface area contributed by atoms with Crippen LogP contribution in [0.4, 0.5) is 0 Å². The minimum atomic E-state index is -0.843. The summed E-state index contributed by atoms with van der Waals surface area (Å²) in [6, 6.07) is -0.626. The SMILES string of the molecule is CCCC/C=C\C/C=C\CCCCCCCC(=O)OCCCCCCCCCCCCCCCC/C=C\CCCCCCCCCCCCCCCCCCCC(=O)NC(CO)C(O)/C=C/CCCCCCCCCCCCCCCCC. The van der Waals surface area contributed by atoms with Gasteiger partial charge in [-0.1, -0.05) is 358 Å². The highest BCUT2D eigenvalue weighted by Crippen LogP contribution is 2.19. The van der Waals surface area contributed by atoms with Crippen molar-refractivity contribution in [2.45, 2.75) is 418 Å². The van der Waals surface area contributed by atoms with Crippen LogP contribution in [0.15, 0.2) is 48.6 Å². The van der Waals surface area contributed by atoms with Crippen LogP contribution in [0.2, 0.25) is 0 Å². The van der Waals surface area contributed by atoms with Gasteiger partial charge in [0.2, 0.25) is 5.91 Å². The molecular weight excluding hydrogens is 1020 g/mol. The molecule has 0 aromatic carbocycles. The van der Waals surface area contributed by atoms with Crippen molar-refractivity contribution >= 4 is 11.9 Å². The number of aliphatic hydroxyl groups excluding tert-OH is 2. The average Bonchev–Trinajstić information content (AvgIpc) is 3.49. The second-order valence-corrected chi connectivity index (χ2v) is 25.6. The number of allylic oxidation sites excluding steroid dienone is 7. The number of nitrogens with one attached hydrogen (secondary N) is 1. The van der Waals surface area contributed by atoms with Gasteiger partial charge in [0, 0.05) is 12.8 Å². The molecule has 83 heavy (non-hydrogen) atoms. The number of rotatable bonds is 70. The van der Waals surface area contributed by atoms with E-state index in [0.717, 1.165) is 51.4 Å². The fourth-order valence-electron chi connectivity index (χ4n) is 11.6. The van der Waals surface area contributed by atoms with Crippen LogP contribution in [0.1, 0.15) is 406 Å². The van der Waals surface area contributed by atoms with E-state index < -0.39 is 12.1 Å². The molecule has 0 aromatic heterocycles. The summed E-state index contributed by atoms with van der Waals surface area (Å²) in [6.45, 7) is 4.89. The van der Waals surface area contributed by atoms with Crippen molar-refractivity contribution in [3.63, 3.8) is 0 Å². The van der Waals surface area contributed by atoms with Gasteiger partial charge in [-0.2, -0.15) is 0 Å². The van der Waals surface area contributed by atoms with Gasteiger partial charge in [0.05, 0.1) is 25.4 Å². The molecule has 0 bridgehead atoms. The first-order valence-corrected chi connectivity index (χ1v) is 37.4. The predicted octanol–water partition coefficient (Wildman–Crippen LogP) is 24.4. The molecule has 0 saturated carbocycles. The molecule has 1 amide bonds. The van der Waals surface area contributed by atoms with Gasteiger partial charge in [-0.3, -0.25) is 9.59 Å². The highest BCUT2D eigenvalue weighted by Gasteiger charge is 2.18. The van der Waals surface area contributed by atoms with Gasteiger partial charge in [-0.15, -0.1) is 0 Å². The van der Waals surface area contributed by atoms with Gasteiger partial charge in [-0.05, 0) is 83.5 Å². The van der Waals surface area contributed by atoms with Crippen molar-refractivity contribution in [3.8, 4) is 0 Å². The molecule has 0 rings (SSSR count). The number of amides is 1. The van der Waals surface area contributed by atoms with Crippen LogP contribution in [0, 0.1) is 0 Å². The summed E-state index contributed by atoms with van der Waals surface area (Å²) in [5.74, 6) is -0.0562. The van der Waals surface area contributed by atoms with Crippen LogP contribution >= 0.6 is 0 Å². The molecule has 3 N–H and O–H groups in total. The van der Waals surface area contributed by atoms with E-state index in [2.05, 4.69) is 55.6 Å². The van der Waals surface area contributed by atoms with E-state index in [1.807, 2.05) is 6.08 Å². The maximum absolute atomic E-state index is 12.5. The van der Waals surface area contributed by atoms with Crippen LogP contribution in [0.3, 0.4) is 0 Å². The Morgan fingerprint density at radius 2 is 0.614 bits per heavy atom. The molecule has 6 nitrogen and oxygen atoms in total. The highest BCUT2D eigenvalue weighted by atomic mass is 16.5. The first-order valence-electron chi connectivity index (χ1n) is 37.4. The van der Waals surface area contributed by atoms with E-state index in [9.17, 15) is 19.8 Å². The maximum atomic E-state index is 12.5. The number of hydrogen-bond donors (Lipinski definition) is 3. The quantitative estimate of drug-likeness (QED) is 0.0320. The summed E-state index contributed by atoms with van der Waals surface area (Å²) >= 11 is 0. The Morgan fingerprint density at radius 1 is 0.337 bits per heavy atom. The second kappa shape index (κ2) is 72.3. The number of carbonyl (C=O) groups excluding carboxylic acids is 2. The number of esters is 1. The molecule has 6 heteroatoms. The molecular formula is C77H145NO5. The summed E-state index contributed by atoms with van der Waals surface area (Å²) < 4.78 is 5.48. The summed E-state index contributed by atoms with van der Waals surface area (Å²) in [7, 11) is 0. The second-order valence-electron chi connectivity index (χ2n) is 25.6. The molecule has 0 aliphatic carbocycles. The van der Waals surface area contributed by atoms with Gasteiger partial charge in [-0.25, -0.2) is 0 Å². The number of hydrogen-bond acceptors (Lipinski definition) is 5. The molecule has 0 radical (unpaired) electrons. The third-order valence-electron chi connectivity index (χ3n) is 17.3. The van der Waals surface area contributed by atoms with Crippen molar-refractivity contribution in [2.24, 2.45) is 0 Å². The Morgan fingerprint density at radius 3 is 0.964 bits per heavy atom. The molecule has 0 aliphatic rings. The first-order chi connectivity index (χ1) is 41.0. The highest BCUT2D eigenvalue weighted by molar-refractivity contribution is 5.76. The predicted molar refractivity (Wildman–Crippen MR) is 366 cm³/mol. The summed E-state index contributed by atoms with van der Waals surface area (Å²) in [5, 5.41) is 23.2. The lowest BCUT2D eigenvalue weighted by molar-refractivity contribution is -0.143. The Balaban J connectivity index is 3.36. The third-order valence-corrected chi connectivity index (χ3v) is 17.3. The summed E-state index contributed by atoms with van der Waals surface area (Å²) in [6.07, 6.45) is 95.0. The van der Waals surface area contributed by atoms with E-state index in [0.29, 0.717) is 19.4 Å². The standard InChI is InChI=1S/C77H145NO5/c1-3-5-7-9-11-13-15-17-19-39-42-45-49-53-57-61-65-69-75(80)74(73-79)78-76(81)70-66-62-58-54-50-46-43-40-37-35-33-31-29-27-25-23-21-20-22-24-26-28-30-32-34-36-38-41-44-48-52-56-60-64-68-72-83-77(82)71-67-63-59-55-51-47-18-16-14-12-10-8-6-4-2/h10,12,16,18,22,24,65,69,74-75,79-80H,3-9,11,13-15,17,19-21,23,25-64,66-68,70-73H2,1-2H3,(H,78,81)/b12-10-,18-16-,24-22-,69-65+. The number of unbranched alkanes of at least 4 members (excludes halogenated alkanes) is 53. The van der Waals surface area contributed by atoms with E-state index in [-0.39, 0.29) is 18.5 Å². The van der Waals surface area contributed by atoms with E-state index in [1.54, 1.807) is 6.08 Å². The van der Waals surface area contributed by atoms with Crippen molar-refractivity contribution in [1.29, 1.82) is 0 Å². The monoisotopic (exact) mass is 1160 g/mol. The Labute approximate surface area is 518 Å². The fourth-order valence-corrected chi connectivity index (χ4v) is 11.6. The van der Waals surface area contributed by atoms with Crippen LogP contribution < -0.4 is 5.32 Å². The number of aliphatic hydroxyl groups is 2. The molecule has 0 aliphatic heterocycles. The minimum absolute atomic E-state index is 0.00545. The molecule has 2 unspecified atom stereocenters. The van der Waals surface area contributed by atoms with Gasteiger partial charge in [0.15, 0.2) is 0 Å². The molecule has 0 heterocycles. The van der Waals surface area contributed by atoms with E-state index in [1.165, 1.54) is 327 Å². The average molecular weight is 1170 g/mol. The smallest absolute Gasteiger partial charge is 0.305 e. The van der Waals surface area contributed by atoms with Gasteiger partial charge in [0.1, 0.15) is 0 Å². The largest absolute Gasteiger partial charge is 0.466 e. The zero-order chi connectivity index (χ0) is 59.9. The van der Waals surface area contributed by atoms with Crippen molar-refractivity contribution in [2.75, 3.05) is 13.2 Å².